The molecule has 1 aliphatic heterocycles. The lowest BCUT2D eigenvalue weighted by atomic mass is 10.3. The Morgan fingerprint density at radius 3 is 2.48 bits per heavy atom. The minimum Gasteiger partial charge on any atom is -0.486 e. The Bertz CT molecular complexity index is 1160. The highest BCUT2D eigenvalue weighted by Gasteiger charge is 2.29. The standard InChI is InChI=1S/C21H19FN2O6S/c22-15-3-5-16(6-4-15)24(14-21(25)23-13-17-2-1-9-28-17)31(26,27)18-7-8-19-20(12-18)30-11-10-29-19/h1-9,12H,10-11,13-14H2,(H,23,25). The van der Waals surface area contributed by atoms with Crippen LogP contribution >= 0.6 is 0 Å². The van der Waals surface area contributed by atoms with Crippen LogP contribution in [0.25, 0.3) is 0 Å². The van der Waals surface area contributed by atoms with Crippen LogP contribution in [0.1, 0.15) is 5.76 Å². The number of amides is 1. The number of hydrogen-bond acceptors (Lipinski definition) is 6. The zero-order valence-corrected chi connectivity index (χ0v) is 17.1. The van der Waals surface area contributed by atoms with Crippen molar-refractivity contribution in [3.8, 4) is 11.5 Å². The van der Waals surface area contributed by atoms with Crippen molar-refractivity contribution in [3.63, 3.8) is 0 Å². The van der Waals surface area contributed by atoms with Gasteiger partial charge in [0, 0.05) is 6.07 Å². The number of fused-ring (bicyclic) bond motifs is 1. The molecule has 1 amide bonds. The molecule has 3 aromatic rings. The summed E-state index contributed by atoms with van der Waals surface area (Å²) in [5, 5.41) is 2.61. The minimum atomic E-state index is -4.18. The van der Waals surface area contributed by atoms with Crippen LogP contribution in [0, 0.1) is 5.82 Å². The average Bonchev–Trinajstić information content (AvgIpc) is 3.30. The Labute approximate surface area is 178 Å². The molecular weight excluding hydrogens is 427 g/mol. The zero-order chi connectivity index (χ0) is 21.8. The second-order valence-corrected chi connectivity index (χ2v) is 8.51. The summed E-state index contributed by atoms with van der Waals surface area (Å²) in [5.41, 5.74) is 0.143. The topological polar surface area (TPSA) is 98.1 Å². The lowest BCUT2D eigenvalue weighted by Crippen LogP contribution is -2.40. The van der Waals surface area contributed by atoms with Gasteiger partial charge in [-0.05, 0) is 48.5 Å². The summed E-state index contributed by atoms with van der Waals surface area (Å²) in [6.07, 6.45) is 1.47. The van der Waals surface area contributed by atoms with E-state index in [-0.39, 0.29) is 17.1 Å². The zero-order valence-electron chi connectivity index (χ0n) is 16.3. The second-order valence-electron chi connectivity index (χ2n) is 6.65. The molecule has 1 N–H and O–H groups in total. The van der Waals surface area contributed by atoms with E-state index >= 15 is 0 Å². The van der Waals surface area contributed by atoms with Crippen molar-refractivity contribution in [2.45, 2.75) is 11.4 Å². The fraction of sp³-hybridized carbons (Fsp3) is 0.190. The number of anilines is 1. The summed E-state index contributed by atoms with van der Waals surface area (Å²) < 4.78 is 57.2. The summed E-state index contributed by atoms with van der Waals surface area (Å²) in [7, 11) is -4.18. The van der Waals surface area contributed by atoms with E-state index in [1.54, 1.807) is 12.1 Å². The fourth-order valence-electron chi connectivity index (χ4n) is 3.02. The molecule has 10 heteroatoms. The van der Waals surface area contributed by atoms with Gasteiger partial charge in [-0.15, -0.1) is 0 Å². The van der Waals surface area contributed by atoms with E-state index in [2.05, 4.69) is 5.32 Å². The van der Waals surface area contributed by atoms with Crippen LogP contribution in [0.2, 0.25) is 0 Å². The monoisotopic (exact) mass is 446 g/mol. The van der Waals surface area contributed by atoms with Crippen molar-refractivity contribution < 1.29 is 31.5 Å². The summed E-state index contributed by atoms with van der Waals surface area (Å²) in [4.78, 5) is 12.4. The normalized spacial score (nSPS) is 12.9. The number of furan rings is 1. The quantitative estimate of drug-likeness (QED) is 0.599. The van der Waals surface area contributed by atoms with E-state index in [4.69, 9.17) is 13.9 Å². The Morgan fingerprint density at radius 2 is 1.77 bits per heavy atom. The Hall–Kier alpha value is -3.53. The Kier molecular flexibility index (Phi) is 5.81. The number of nitrogens with one attached hydrogen (secondary N) is 1. The molecule has 162 valence electrons. The molecule has 4 rings (SSSR count). The number of carbonyl (C=O) groups is 1. The molecule has 1 aromatic heterocycles. The molecule has 0 saturated heterocycles. The van der Waals surface area contributed by atoms with Crippen LogP contribution in [0.3, 0.4) is 0 Å². The molecular formula is C21H19FN2O6S. The van der Waals surface area contributed by atoms with Gasteiger partial charge in [0.1, 0.15) is 31.3 Å². The molecule has 0 radical (unpaired) electrons. The first-order valence-electron chi connectivity index (χ1n) is 9.40. The van der Waals surface area contributed by atoms with Crippen molar-refractivity contribution in [2.24, 2.45) is 0 Å². The number of ether oxygens (including phenoxy) is 2. The molecule has 0 aliphatic carbocycles. The van der Waals surface area contributed by atoms with Crippen molar-refractivity contribution >= 4 is 21.6 Å². The predicted octanol–water partition coefficient (Wildman–Crippen LogP) is 2.70. The van der Waals surface area contributed by atoms with Crippen LogP contribution in [-0.4, -0.2) is 34.1 Å². The van der Waals surface area contributed by atoms with Crippen LogP contribution in [0.15, 0.2) is 70.2 Å². The minimum absolute atomic E-state index is 0.0834. The van der Waals surface area contributed by atoms with Gasteiger partial charge in [-0.3, -0.25) is 9.10 Å². The third-order valence-electron chi connectivity index (χ3n) is 4.54. The first-order chi connectivity index (χ1) is 14.9. The van der Waals surface area contributed by atoms with Crippen LogP contribution < -0.4 is 19.1 Å². The number of rotatable bonds is 7. The molecule has 0 saturated carbocycles. The highest BCUT2D eigenvalue weighted by atomic mass is 32.2. The third kappa shape index (κ3) is 4.64. The van der Waals surface area contributed by atoms with E-state index < -0.39 is 28.3 Å². The van der Waals surface area contributed by atoms with E-state index in [1.807, 2.05) is 0 Å². The van der Waals surface area contributed by atoms with Gasteiger partial charge in [-0.25, -0.2) is 12.8 Å². The SMILES string of the molecule is O=C(CN(c1ccc(F)cc1)S(=O)(=O)c1ccc2c(c1)OCCO2)NCc1ccco1. The molecule has 8 nitrogen and oxygen atoms in total. The van der Waals surface area contributed by atoms with Crippen LogP contribution in [0.5, 0.6) is 11.5 Å². The van der Waals surface area contributed by atoms with Gasteiger partial charge >= 0.3 is 0 Å². The smallest absolute Gasteiger partial charge is 0.264 e. The Balaban J connectivity index is 1.62. The predicted molar refractivity (Wildman–Crippen MR) is 109 cm³/mol. The molecule has 0 atom stereocenters. The Morgan fingerprint density at radius 1 is 1.03 bits per heavy atom. The number of carbonyl (C=O) groups excluding carboxylic acids is 1. The van der Waals surface area contributed by atoms with E-state index in [0.717, 1.165) is 16.4 Å². The maximum absolute atomic E-state index is 13.4. The largest absolute Gasteiger partial charge is 0.486 e. The number of sulfonamides is 1. The van der Waals surface area contributed by atoms with Crippen molar-refractivity contribution in [1.29, 1.82) is 0 Å². The third-order valence-corrected chi connectivity index (χ3v) is 6.31. The van der Waals surface area contributed by atoms with Crippen molar-refractivity contribution in [2.75, 3.05) is 24.1 Å². The molecule has 1 aliphatic rings. The lowest BCUT2D eigenvalue weighted by Gasteiger charge is -2.25. The van der Waals surface area contributed by atoms with E-state index in [1.165, 1.54) is 36.6 Å². The molecule has 31 heavy (non-hydrogen) atoms. The maximum atomic E-state index is 13.4. The molecule has 0 bridgehead atoms. The van der Waals surface area contributed by atoms with Crippen LogP contribution in [-0.2, 0) is 21.4 Å². The van der Waals surface area contributed by atoms with Gasteiger partial charge in [0.05, 0.1) is 23.4 Å². The highest BCUT2D eigenvalue weighted by molar-refractivity contribution is 7.92. The second kappa shape index (κ2) is 8.68. The van der Waals surface area contributed by atoms with Gasteiger partial charge in [0.25, 0.3) is 10.0 Å². The summed E-state index contributed by atoms with van der Waals surface area (Å²) in [6, 6.07) is 12.4. The first-order valence-corrected chi connectivity index (χ1v) is 10.8. The maximum Gasteiger partial charge on any atom is 0.264 e. The number of hydrogen-bond donors (Lipinski definition) is 1. The van der Waals surface area contributed by atoms with Crippen molar-refractivity contribution in [3.05, 3.63) is 72.4 Å². The first kappa shape index (κ1) is 20.7. The molecule has 0 unspecified atom stereocenters. The van der Waals surface area contributed by atoms with Gasteiger partial charge in [0.15, 0.2) is 11.5 Å². The lowest BCUT2D eigenvalue weighted by molar-refractivity contribution is -0.119. The van der Waals surface area contributed by atoms with Gasteiger partial charge in [-0.1, -0.05) is 0 Å². The molecule has 0 fully saturated rings. The van der Waals surface area contributed by atoms with Gasteiger partial charge in [-0.2, -0.15) is 0 Å². The number of benzene rings is 2. The number of nitrogens with zero attached hydrogens (tertiary/aromatic N) is 1. The summed E-state index contributed by atoms with van der Waals surface area (Å²) in [6.45, 7) is 0.264. The fourth-order valence-corrected chi connectivity index (χ4v) is 4.46. The molecule has 2 heterocycles. The average molecular weight is 446 g/mol. The van der Waals surface area contributed by atoms with Gasteiger partial charge in [0.2, 0.25) is 5.91 Å². The van der Waals surface area contributed by atoms with Gasteiger partial charge < -0.3 is 19.2 Å². The molecule has 0 spiro atoms. The summed E-state index contributed by atoms with van der Waals surface area (Å²) >= 11 is 0. The van der Waals surface area contributed by atoms with E-state index in [9.17, 15) is 17.6 Å². The summed E-state index contributed by atoms with van der Waals surface area (Å²) in [5.74, 6) is 0.185. The van der Waals surface area contributed by atoms with Crippen LogP contribution in [0.4, 0.5) is 10.1 Å². The molecule has 2 aromatic carbocycles. The highest BCUT2D eigenvalue weighted by Crippen LogP contribution is 2.34. The number of halogens is 1. The van der Waals surface area contributed by atoms with E-state index in [0.29, 0.717) is 30.5 Å². The van der Waals surface area contributed by atoms with Crippen molar-refractivity contribution in [1.82, 2.24) is 5.32 Å².